The van der Waals surface area contributed by atoms with E-state index in [1.807, 2.05) is 19.1 Å². The van der Waals surface area contributed by atoms with Crippen molar-refractivity contribution in [3.8, 4) is 0 Å². The molecule has 3 rings (SSSR count). The molecule has 1 amide bonds. The van der Waals surface area contributed by atoms with E-state index in [1.165, 1.54) is 0 Å². The van der Waals surface area contributed by atoms with Gasteiger partial charge in [0.15, 0.2) is 0 Å². The summed E-state index contributed by atoms with van der Waals surface area (Å²) in [5, 5.41) is 11.6. The Labute approximate surface area is 182 Å². The van der Waals surface area contributed by atoms with E-state index in [0.29, 0.717) is 23.7 Å². The molecule has 1 aliphatic rings. The number of aliphatic hydroxyl groups excluding tert-OH is 1. The molecular formula is C24H27ClN2O3. The number of aryl methyl sites for hydroxylation is 1. The van der Waals surface area contributed by atoms with E-state index in [-0.39, 0.29) is 11.3 Å². The monoisotopic (exact) mass is 426 g/mol. The number of carbonyl (C=O) groups is 2. The highest BCUT2D eigenvalue weighted by Crippen LogP contribution is 2.39. The lowest BCUT2D eigenvalue weighted by Gasteiger charge is -2.28. The van der Waals surface area contributed by atoms with Crippen LogP contribution in [0.15, 0.2) is 54.1 Å². The van der Waals surface area contributed by atoms with E-state index in [1.54, 1.807) is 41.3 Å². The largest absolute Gasteiger partial charge is 0.507 e. The third-order valence-corrected chi connectivity index (χ3v) is 5.85. The van der Waals surface area contributed by atoms with Gasteiger partial charge in [-0.2, -0.15) is 0 Å². The molecule has 6 heteroatoms. The Morgan fingerprint density at radius 1 is 1.03 bits per heavy atom. The number of hydrogen-bond acceptors (Lipinski definition) is 4. The van der Waals surface area contributed by atoms with Crippen LogP contribution in [0.25, 0.3) is 5.76 Å². The van der Waals surface area contributed by atoms with Crippen molar-refractivity contribution in [2.45, 2.75) is 26.8 Å². The molecule has 2 aromatic carbocycles. The third-order valence-electron chi connectivity index (χ3n) is 5.60. The van der Waals surface area contributed by atoms with Crippen LogP contribution >= 0.6 is 11.6 Å². The molecule has 0 unspecified atom stereocenters. The Balaban J connectivity index is 2.08. The number of amides is 1. The van der Waals surface area contributed by atoms with E-state index in [0.717, 1.165) is 24.2 Å². The van der Waals surface area contributed by atoms with E-state index < -0.39 is 17.7 Å². The molecule has 1 heterocycles. The zero-order chi connectivity index (χ0) is 21.8. The van der Waals surface area contributed by atoms with Gasteiger partial charge >= 0.3 is 0 Å². The average molecular weight is 427 g/mol. The first-order valence-electron chi connectivity index (χ1n) is 10.2. The first-order chi connectivity index (χ1) is 14.4. The molecular weight excluding hydrogens is 400 g/mol. The summed E-state index contributed by atoms with van der Waals surface area (Å²) in [5.41, 5.74) is 2.42. The van der Waals surface area contributed by atoms with E-state index in [4.69, 9.17) is 11.6 Å². The molecule has 0 saturated carbocycles. The van der Waals surface area contributed by atoms with Crippen LogP contribution in [0.2, 0.25) is 5.02 Å². The fourth-order valence-corrected chi connectivity index (χ4v) is 3.88. The minimum absolute atomic E-state index is 0.116. The summed E-state index contributed by atoms with van der Waals surface area (Å²) in [6, 6.07) is 13.6. The van der Waals surface area contributed by atoms with Crippen molar-refractivity contribution in [2.24, 2.45) is 0 Å². The summed E-state index contributed by atoms with van der Waals surface area (Å²) < 4.78 is 0. The number of carbonyl (C=O) groups excluding carboxylic acids is 2. The van der Waals surface area contributed by atoms with Gasteiger partial charge in [-0.25, -0.2) is 0 Å². The number of benzene rings is 2. The summed E-state index contributed by atoms with van der Waals surface area (Å²) in [4.78, 5) is 29.7. The molecule has 0 radical (unpaired) electrons. The number of ketones is 1. The molecule has 0 aromatic heterocycles. The Hall–Kier alpha value is -2.63. The number of nitrogens with zero attached hydrogens (tertiary/aromatic N) is 2. The Morgan fingerprint density at radius 3 is 2.20 bits per heavy atom. The van der Waals surface area contributed by atoms with Crippen LogP contribution in [0.4, 0.5) is 0 Å². The van der Waals surface area contributed by atoms with Crippen LogP contribution < -0.4 is 0 Å². The second-order valence-electron chi connectivity index (χ2n) is 7.44. The molecule has 1 aliphatic heterocycles. The normalized spacial score (nSPS) is 18.4. The average Bonchev–Trinajstić information content (AvgIpc) is 3.00. The van der Waals surface area contributed by atoms with Gasteiger partial charge in [0.05, 0.1) is 11.6 Å². The summed E-state index contributed by atoms with van der Waals surface area (Å²) >= 11 is 6.05. The van der Waals surface area contributed by atoms with Gasteiger partial charge in [0.25, 0.3) is 11.7 Å². The van der Waals surface area contributed by atoms with E-state index in [9.17, 15) is 14.7 Å². The standard InChI is InChI=1S/C24H27ClN2O3/c1-4-26(5-2)14-15-27-21(17-10-12-19(25)13-11-17)20(23(29)24(27)30)22(28)18-8-6-16(3)7-9-18/h6-13,21,28H,4-5,14-15H2,1-3H3/b22-20+/t21-/m1/s1. The van der Waals surface area contributed by atoms with Gasteiger partial charge in [0.2, 0.25) is 0 Å². The number of hydrogen-bond donors (Lipinski definition) is 1. The maximum absolute atomic E-state index is 13.0. The van der Waals surface area contributed by atoms with Gasteiger partial charge in [0, 0.05) is 23.7 Å². The first kappa shape index (κ1) is 22.1. The van der Waals surface area contributed by atoms with Gasteiger partial charge in [-0.05, 0) is 37.7 Å². The molecule has 0 spiro atoms. The van der Waals surface area contributed by atoms with Crippen molar-refractivity contribution in [2.75, 3.05) is 26.2 Å². The Bertz CT molecular complexity index is 947. The van der Waals surface area contributed by atoms with Gasteiger partial charge in [-0.15, -0.1) is 0 Å². The van der Waals surface area contributed by atoms with E-state index in [2.05, 4.69) is 18.7 Å². The summed E-state index contributed by atoms with van der Waals surface area (Å²) in [5.74, 6) is -1.40. The molecule has 30 heavy (non-hydrogen) atoms. The molecule has 1 saturated heterocycles. The van der Waals surface area contributed by atoms with Crippen LogP contribution in [-0.4, -0.2) is 52.8 Å². The second-order valence-corrected chi connectivity index (χ2v) is 7.87. The number of likely N-dealkylation sites (tertiary alicyclic amines) is 1. The lowest BCUT2D eigenvalue weighted by Crippen LogP contribution is -2.38. The number of aliphatic hydroxyl groups is 1. The third kappa shape index (κ3) is 4.42. The van der Waals surface area contributed by atoms with Gasteiger partial charge in [-0.3, -0.25) is 9.59 Å². The number of halogens is 1. The first-order valence-corrected chi connectivity index (χ1v) is 10.6. The highest BCUT2D eigenvalue weighted by molar-refractivity contribution is 6.46. The van der Waals surface area contributed by atoms with Crippen molar-refractivity contribution in [3.63, 3.8) is 0 Å². The maximum atomic E-state index is 13.0. The fraction of sp³-hybridized carbons (Fsp3) is 0.333. The SMILES string of the molecule is CCN(CC)CCN1C(=O)C(=O)/C(=C(/O)c2ccc(C)cc2)[C@H]1c1ccc(Cl)cc1. The van der Waals surface area contributed by atoms with Crippen molar-refractivity contribution in [1.82, 2.24) is 9.80 Å². The van der Waals surface area contributed by atoms with Crippen LogP contribution in [0, 0.1) is 6.92 Å². The van der Waals surface area contributed by atoms with Gasteiger partial charge in [0.1, 0.15) is 5.76 Å². The van der Waals surface area contributed by atoms with Crippen molar-refractivity contribution in [1.29, 1.82) is 0 Å². The lowest BCUT2D eigenvalue weighted by molar-refractivity contribution is -0.140. The lowest BCUT2D eigenvalue weighted by atomic mass is 9.95. The van der Waals surface area contributed by atoms with Crippen LogP contribution in [-0.2, 0) is 9.59 Å². The van der Waals surface area contributed by atoms with Crippen LogP contribution in [0.1, 0.15) is 36.6 Å². The molecule has 0 aliphatic carbocycles. The van der Waals surface area contributed by atoms with Crippen molar-refractivity contribution in [3.05, 3.63) is 75.8 Å². The quantitative estimate of drug-likeness (QED) is 0.404. The second kappa shape index (κ2) is 9.45. The predicted molar refractivity (Wildman–Crippen MR) is 119 cm³/mol. The molecule has 1 atom stereocenters. The summed E-state index contributed by atoms with van der Waals surface area (Å²) in [6.07, 6.45) is 0. The maximum Gasteiger partial charge on any atom is 0.295 e. The Kier molecular flexibility index (Phi) is 6.95. The molecule has 158 valence electrons. The zero-order valence-electron chi connectivity index (χ0n) is 17.6. The molecule has 1 N–H and O–H groups in total. The topological polar surface area (TPSA) is 60.9 Å². The van der Waals surface area contributed by atoms with E-state index >= 15 is 0 Å². The van der Waals surface area contributed by atoms with Gasteiger partial charge in [-0.1, -0.05) is 67.4 Å². The fourth-order valence-electron chi connectivity index (χ4n) is 3.76. The number of Topliss-reactive ketones (excluding diaryl/α,β-unsaturated/α-hetero) is 1. The summed E-state index contributed by atoms with van der Waals surface area (Å²) in [7, 11) is 0. The molecule has 0 bridgehead atoms. The molecule has 1 fully saturated rings. The minimum Gasteiger partial charge on any atom is -0.507 e. The highest BCUT2D eigenvalue weighted by Gasteiger charge is 2.45. The number of rotatable bonds is 7. The van der Waals surface area contributed by atoms with Crippen LogP contribution in [0.3, 0.4) is 0 Å². The predicted octanol–water partition coefficient (Wildman–Crippen LogP) is 4.41. The summed E-state index contributed by atoms with van der Waals surface area (Å²) in [6.45, 7) is 8.82. The highest BCUT2D eigenvalue weighted by atomic mass is 35.5. The Morgan fingerprint density at radius 2 is 1.63 bits per heavy atom. The van der Waals surface area contributed by atoms with Crippen molar-refractivity contribution >= 4 is 29.1 Å². The minimum atomic E-state index is -0.660. The van der Waals surface area contributed by atoms with Crippen LogP contribution in [0.5, 0.6) is 0 Å². The molecule has 5 nitrogen and oxygen atoms in total. The zero-order valence-corrected chi connectivity index (χ0v) is 18.3. The smallest absolute Gasteiger partial charge is 0.295 e. The van der Waals surface area contributed by atoms with Crippen molar-refractivity contribution < 1.29 is 14.7 Å². The molecule has 2 aromatic rings. The van der Waals surface area contributed by atoms with Gasteiger partial charge < -0.3 is 14.9 Å². The number of likely N-dealkylation sites (N-methyl/N-ethyl adjacent to an activating group) is 1.